The zero-order chi connectivity index (χ0) is 13.9. The van der Waals surface area contributed by atoms with E-state index in [1.54, 1.807) is 0 Å². The van der Waals surface area contributed by atoms with Gasteiger partial charge in [0.1, 0.15) is 0 Å². The van der Waals surface area contributed by atoms with E-state index in [1.165, 1.54) is 40.9 Å². The van der Waals surface area contributed by atoms with Gasteiger partial charge < -0.3 is 10.2 Å². The third kappa shape index (κ3) is 2.44. The number of aryl methyl sites for hydroxylation is 2. The topological polar surface area (TPSA) is 15.3 Å². The van der Waals surface area contributed by atoms with Gasteiger partial charge in [-0.05, 0) is 55.6 Å². The molecule has 1 aliphatic rings. The maximum Gasteiger partial charge on any atom is 0.0443 e. The Kier molecular flexibility index (Phi) is 3.75. The van der Waals surface area contributed by atoms with E-state index >= 15 is 0 Å². The molecule has 2 aromatic carbocycles. The van der Waals surface area contributed by atoms with Gasteiger partial charge in [-0.15, -0.1) is 0 Å². The summed E-state index contributed by atoms with van der Waals surface area (Å²) in [5.74, 6) is 0. The van der Waals surface area contributed by atoms with Crippen LogP contribution in [-0.4, -0.2) is 13.6 Å². The molecule has 3 rings (SSSR count). The predicted molar refractivity (Wildman–Crippen MR) is 85.7 cm³/mol. The lowest BCUT2D eigenvalue weighted by molar-refractivity contribution is 0.764. The highest BCUT2D eigenvalue weighted by Gasteiger charge is 2.18. The van der Waals surface area contributed by atoms with Crippen LogP contribution in [-0.2, 0) is 13.0 Å². The summed E-state index contributed by atoms with van der Waals surface area (Å²) in [5.41, 5.74) is 6.89. The van der Waals surface area contributed by atoms with E-state index in [1.807, 2.05) is 7.05 Å². The third-order valence-corrected chi connectivity index (χ3v) is 4.04. The highest BCUT2D eigenvalue weighted by molar-refractivity contribution is 5.70. The lowest BCUT2D eigenvalue weighted by atomic mass is 9.99. The first-order valence-corrected chi connectivity index (χ1v) is 7.39. The highest BCUT2D eigenvalue weighted by atomic mass is 15.1. The highest BCUT2D eigenvalue weighted by Crippen LogP contribution is 2.35. The van der Waals surface area contributed by atoms with Gasteiger partial charge in [-0.1, -0.05) is 30.3 Å². The van der Waals surface area contributed by atoms with Gasteiger partial charge in [0.25, 0.3) is 0 Å². The number of nitrogens with one attached hydrogen (secondary N) is 1. The summed E-state index contributed by atoms with van der Waals surface area (Å²) in [4.78, 5) is 2.47. The van der Waals surface area contributed by atoms with Crippen molar-refractivity contribution < 1.29 is 0 Å². The van der Waals surface area contributed by atoms with Gasteiger partial charge in [0.2, 0.25) is 0 Å². The monoisotopic (exact) mass is 266 g/mol. The van der Waals surface area contributed by atoms with Gasteiger partial charge in [-0.25, -0.2) is 0 Å². The van der Waals surface area contributed by atoms with Crippen molar-refractivity contribution in [2.24, 2.45) is 0 Å². The van der Waals surface area contributed by atoms with Gasteiger partial charge in [0.05, 0.1) is 0 Å². The van der Waals surface area contributed by atoms with Crippen LogP contribution in [0.15, 0.2) is 42.5 Å². The maximum absolute atomic E-state index is 3.21. The molecular weight excluding hydrogens is 244 g/mol. The van der Waals surface area contributed by atoms with Crippen molar-refractivity contribution in [3.05, 3.63) is 59.2 Å². The van der Waals surface area contributed by atoms with E-state index in [0.717, 1.165) is 13.1 Å². The molecule has 0 bridgehead atoms. The van der Waals surface area contributed by atoms with Crippen LogP contribution >= 0.6 is 0 Å². The summed E-state index contributed by atoms with van der Waals surface area (Å²) in [6.45, 7) is 4.26. The Morgan fingerprint density at radius 3 is 2.75 bits per heavy atom. The molecule has 1 aliphatic heterocycles. The fourth-order valence-electron chi connectivity index (χ4n) is 3.12. The number of anilines is 2. The van der Waals surface area contributed by atoms with E-state index in [2.05, 4.69) is 59.6 Å². The van der Waals surface area contributed by atoms with Gasteiger partial charge in [-0.2, -0.15) is 0 Å². The molecule has 0 aliphatic carbocycles. The van der Waals surface area contributed by atoms with Crippen LogP contribution in [0.2, 0.25) is 0 Å². The van der Waals surface area contributed by atoms with Crippen molar-refractivity contribution in [3.8, 4) is 0 Å². The number of fused-ring (bicyclic) bond motifs is 1. The number of hydrogen-bond donors (Lipinski definition) is 1. The van der Waals surface area contributed by atoms with Crippen molar-refractivity contribution in [1.82, 2.24) is 5.32 Å². The van der Waals surface area contributed by atoms with E-state index in [0.29, 0.717) is 0 Å². The second kappa shape index (κ2) is 5.68. The lowest BCUT2D eigenvalue weighted by Gasteiger charge is -2.32. The second-order valence-corrected chi connectivity index (χ2v) is 5.54. The first-order valence-electron chi connectivity index (χ1n) is 7.39. The predicted octanol–water partition coefficient (Wildman–Crippen LogP) is 3.80. The van der Waals surface area contributed by atoms with E-state index in [9.17, 15) is 0 Å². The number of rotatable bonds is 3. The van der Waals surface area contributed by atoms with Gasteiger partial charge in [0.15, 0.2) is 0 Å². The average molecular weight is 266 g/mol. The Bertz CT molecular complexity index is 604. The number of nitrogens with zero attached hydrogens (tertiary/aromatic N) is 1. The molecule has 0 aromatic heterocycles. The van der Waals surface area contributed by atoms with E-state index < -0.39 is 0 Å². The lowest BCUT2D eigenvalue weighted by Crippen LogP contribution is -2.25. The molecule has 1 heterocycles. The second-order valence-electron chi connectivity index (χ2n) is 5.54. The summed E-state index contributed by atoms with van der Waals surface area (Å²) in [6, 6.07) is 15.6. The molecule has 0 saturated heterocycles. The SMILES string of the molecule is CNCc1ccc(N2CCCc3ccccc32)c(C)c1. The smallest absolute Gasteiger partial charge is 0.0443 e. The van der Waals surface area contributed by atoms with E-state index in [-0.39, 0.29) is 0 Å². The quantitative estimate of drug-likeness (QED) is 0.909. The average Bonchev–Trinajstić information content (AvgIpc) is 2.47. The van der Waals surface area contributed by atoms with Crippen molar-refractivity contribution in [2.75, 3.05) is 18.5 Å². The van der Waals surface area contributed by atoms with Crippen molar-refractivity contribution in [3.63, 3.8) is 0 Å². The first kappa shape index (κ1) is 13.2. The van der Waals surface area contributed by atoms with Crippen LogP contribution in [0.4, 0.5) is 11.4 Å². The van der Waals surface area contributed by atoms with Crippen LogP contribution in [0.5, 0.6) is 0 Å². The largest absolute Gasteiger partial charge is 0.341 e. The van der Waals surface area contributed by atoms with Gasteiger partial charge in [0, 0.05) is 24.5 Å². The Morgan fingerprint density at radius 1 is 1.10 bits per heavy atom. The van der Waals surface area contributed by atoms with Crippen molar-refractivity contribution in [1.29, 1.82) is 0 Å². The number of hydrogen-bond acceptors (Lipinski definition) is 2. The number of para-hydroxylation sites is 1. The van der Waals surface area contributed by atoms with Crippen LogP contribution in [0.1, 0.15) is 23.1 Å². The van der Waals surface area contributed by atoms with Crippen LogP contribution in [0, 0.1) is 6.92 Å². The minimum absolute atomic E-state index is 0.928. The Balaban J connectivity index is 1.98. The Labute approximate surface area is 121 Å². The minimum atomic E-state index is 0.928. The molecule has 2 heteroatoms. The number of benzene rings is 2. The Hall–Kier alpha value is -1.80. The zero-order valence-corrected chi connectivity index (χ0v) is 12.3. The first-order chi connectivity index (χ1) is 9.79. The van der Waals surface area contributed by atoms with Gasteiger partial charge in [-0.3, -0.25) is 0 Å². The van der Waals surface area contributed by atoms with Crippen molar-refractivity contribution >= 4 is 11.4 Å². The molecule has 104 valence electrons. The molecule has 2 nitrogen and oxygen atoms in total. The van der Waals surface area contributed by atoms with E-state index in [4.69, 9.17) is 0 Å². The van der Waals surface area contributed by atoms with Crippen LogP contribution in [0.3, 0.4) is 0 Å². The summed E-state index contributed by atoms with van der Waals surface area (Å²) < 4.78 is 0. The fourth-order valence-corrected chi connectivity index (χ4v) is 3.12. The standard InChI is InChI=1S/C18H22N2/c1-14-12-15(13-19-2)9-10-17(14)20-11-5-7-16-6-3-4-8-18(16)20/h3-4,6,8-10,12,19H,5,7,11,13H2,1-2H3. The molecule has 0 spiro atoms. The minimum Gasteiger partial charge on any atom is -0.341 e. The molecule has 1 N–H and O–H groups in total. The summed E-state index contributed by atoms with van der Waals surface area (Å²) in [6.07, 6.45) is 2.43. The normalized spacial score (nSPS) is 14.2. The maximum atomic E-state index is 3.21. The molecular formula is C18H22N2. The Morgan fingerprint density at radius 2 is 1.95 bits per heavy atom. The molecule has 0 fully saturated rings. The molecule has 0 radical (unpaired) electrons. The summed E-state index contributed by atoms with van der Waals surface area (Å²) in [5, 5.41) is 3.21. The molecule has 0 amide bonds. The summed E-state index contributed by atoms with van der Waals surface area (Å²) in [7, 11) is 1.99. The fraction of sp³-hybridized carbons (Fsp3) is 0.333. The zero-order valence-electron chi connectivity index (χ0n) is 12.3. The van der Waals surface area contributed by atoms with Crippen LogP contribution < -0.4 is 10.2 Å². The van der Waals surface area contributed by atoms with Gasteiger partial charge >= 0.3 is 0 Å². The molecule has 0 saturated carbocycles. The molecule has 0 atom stereocenters. The molecule has 2 aromatic rings. The molecule has 0 unspecified atom stereocenters. The third-order valence-electron chi connectivity index (χ3n) is 4.04. The molecule has 20 heavy (non-hydrogen) atoms. The summed E-state index contributed by atoms with van der Waals surface area (Å²) >= 11 is 0. The van der Waals surface area contributed by atoms with Crippen molar-refractivity contribution in [2.45, 2.75) is 26.3 Å². The van der Waals surface area contributed by atoms with Crippen LogP contribution in [0.25, 0.3) is 0 Å².